The highest BCUT2D eigenvalue weighted by molar-refractivity contribution is 5.91. The van der Waals surface area contributed by atoms with E-state index in [9.17, 15) is 19.2 Å². The van der Waals surface area contributed by atoms with Gasteiger partial charge in [-0.25, -0.2) is 4.79 Å². The highest BCUT2D eigenvalue weighted by Gasteiger charge is 2.35. The van der Waals surface area contributed by atoms with E-state index < -0.39 is 30.4 Å². The molecule has 0 radical (unpaired) electrons. The lowest BCUT2D eigenvalue weighted by molar-refractivity contribution is -0.149. The summed E-state index contributed by atoms with van der Waals surface area (Å²) in [5.41, 5.74) is 4.55. The molecule has 9 nitrogen and oxygen atoms in total. The van der Waals surface area contributed by atoms with Crippen LogP contribution in [0.15, 0.2) is 48.5 Å². The lowest BCUT2D eigenvalue weighted by Gasteiger charge is -2.35. The fourth-order valence-electron chi connectivity index (χ4n) is 4.78. The number of hydrogen-bond acceptors (Lipinski definition) is 5. The highest BCUT2D eigenvalue weighted by atomic mass is 16.5. The number of carbonyl (C=O) groups excluding carboxylic acids is 3. The summed E-state index contributed by atoms with van der Waals surface area (Å²) < 4.78 is 5.52. The molecule has 35 heavy (non-hydrogen) atoms. The van der Waals surface area contributed by atoms with Gasteiger partial charge in [-0.05, 0) is 28.2 Å². The molecule has 1 saturated heterocycles. The molecule has 3 amide bonds. The molecule has 1 fully saturated rings. The van der Waals surface area contributed by atoms with Crippen molar-refractivity contribution in [3.05, 3.63) is 59.7 Å². The van der Waals surface area contributed by atoms with Crippen LogP contribution in [-0.2, 0) is 19.1 Å². The first-order valence-corrected chi connectivity index (χ1v) is 11.7. The summed E-state index contributed by atoms with van der Waals surface area (Å²) in [5.74, 6) is -2.18. The van der Waals surface area contributed by atoms with E-state index in [0.29, 0.717) is 0 Å². The first-order chi connectivity index (χ1) is 16.8. The number of carboxylic acids is 1. The number of rotatable bonds is 8. The first-order valence-electron chi connectivity index (χ1n) is 11.7. The fraction of sp³-hybridized carbons (Fsp3) is 0.385. The number of carboxylic acid groups (broad SMARTS) is 1. The third kappa shape index (κ3) is 5.45. The van der Waals surface area contributed by atoms with Crippen LogP contribution >= 0.6 is 0 Å². The summed E-state index contributed by atoms with van der Waals surface area (Å²) in [7, 11) is 0. The summed E-state index contributed by atoms with van der Waals surface area (Å²) in [5, 5.41) is 14.4. The number of fused-ring (bicyclic) bond motifs is 3. The van der Waals surface area contributed by atoms with Gasteiger partial charge in [-0.3, -0.25) is 14.4 Å². The lowest BCUT2D eigenvalue weighted by atomic mass is 9.98. The molecule has 9 heteroatoms. The van der Waals surface area contributed by atoms with Crippen LogP contribution in [-0.4, -0.2) is 66.2 Å². The minimum atomic E-state index is -1.14. The van der Waals surface area contributed by atoms with Gasteiger partial charge in [-0.1, -0.05) is 55.5 Å². The summed E-state index contributed by atoms with van der Waals surface area (Å²) in [4.78, 5) is 49.6. The minimum absolute atomic E-state index is 0.0384. The van der Waals surface area contributed by atoms with Crippen molar-refractivity contribution in [1.82, 2.24) is 15.5 Å². The van der Waals surface area contributed by atoms with E-state index >= 15 is 0 Å². The number of hydrogen-bond donors (Lipinski definition) is 3. The van der Waals surface area contributed by atoms with Crippen LogP contribution in [0.2, 0.25) is 0 Å². The quantitative estimate of drug-likeness (QED) is 0.534. The molecule has 1 aliphatic heterocycles. The second-order valence-corrected chi connectivity index (χ2v) is 9.01. The average Bonchev–Trinajstić information content (AvgIpc) is 3.16. The van der Waals surface area contributed by atoms with Crippen molar-refractivity contribution in [2.75, 3.05) is 26.2 Å². The third-order valence-corrected chi connectivity index (χ3v) is 6.48. The van der Waals surface area contributed by atoms with Gasteiger partial charge in [0, 0.05) is 32.0 Å². The van der Waals surface area contributed by atoms with Crippen LogP contribution in [0.5, 0.6) is 0 Å². The standard InChI is InChI=1S/C26H29N3O6/c1-16(12-23(30)29-11-10-27-25(33)22(29)13-24(31)32)14-28-26(34)35-15-21-19-8-4-2-6-17(19)18-7-3-5-9-20(18)21/h2-9,16,21-22H,10-15H2,1H3,(H,27,33)(H,28,34)(H,31,32). The van der Waals surface area contributed by atoms with Crippen molar-refractivity contribution < 1.29 is 29.0 Å². The molecule has 2 atom stereocenters. The molecule has 0 bridgehead atoms. The fourth-order valence-corrected chi connectivity index (χ4v) is 4.78. The van der Waals surface area contributed by atoms with Crippen LogP contribution in [0.4, 0.5) is 4.79 Å². The Kier molecular flexibility index (Phi) is 7.33. The van der Waals surface area contributed by atoms with Gasteiger partial charge in [0.05, 0.1) is 6.42 Å². The second kappa shape index (κ2) is 10.6. The summed E-state index contributed by atoms with van der Waals surface area (Å²) in [6.45, 7) is 2.76. The zero-order chi connectivity index (χ0) is 24.9. The van der Waals surface area contributed by atoms with Crippen LogP contribution in [0.25, 0.3) is 11.1 Å². The molecule has 0 spiro atoms. The monoisotopic (exact) mass is 479 g/mol. The molecule has 2 aliphatic rings. The summed E-state index contributed by atoms with van der Waals surface area (Å²) >= 11 is 0. The molecule has 0 saturated carbocycles. The molecule has 1 heterocycles. The molecule has 2 aromatic carbocycles. The van der Waals surface area contributed by atoms with E-state index in [0.717, 1.165) is 22.3 Å². The molecule has 4 rings (SSSR count). The number of alkyl carbamates (subject to hydrolysis) is 1. The molecule has 2 aromatic rings. The first kappa shape index (κ1) is 24.3. The SMILES string of the molecule is CC(CNC(=O)OCC1c2ccccc2-c2ccccc21)CC(=O)N1CCNC(=O)C1CC(=O)O. The van der Waals surface area contributed by atoms with E-state index in [1.165, 1.54) is 4.90 Å². The maximum absolute atomic E-state index is 12.7. The zero-order valence-corrected chi connectivity index (χ0v) is 19.5. The van der Waals surface area contributed by atoms with Crippen molar-refractivity contribution in [2.45, 2.75) is 31.7 Å². The van der Waals surface area contributed by atoms with Crippen LogP contribution in [0.1, 0.15) is 36.8 Å². The number of amides is 3. The molecule has 0 aromatic heterocycles. The predicted octanol–water partition coefficient (Wildman–Crippen LogP) is 2.35. The van der Waals surface area contributed by atoms with Gasteiger partial charge in [0.1, 0.15) is 12.6 Å². The van der Waals surface area contributed by atoms with E-state index in [2.05, 4.69) is 22.8 Å². The number of aliphatic carboxylic acids is 1. The minimum Gasteiger partial charge on any atom is -0.481 e. The smallest absolute Gasteiger partial charge is 0.407 e. The Hall–Kier alpha value is -3.88. The summed E-state index contributed by atoms with van der Waals surface area (Å²) in [6, 6.07) is 15.2. The Morgan fingerprint density at radius 1 is 1.11 bits per heavy atom. The van der Waals surface area contributed by atoms with Gasteiger partial charge in [0.2, 0.25) is 11.8 Å². The Balaban J connectivity index is 1.27. The number of nitrogens with one attached hydrogen (secondary N) is 2. The molecule has 184 valence electrons. The number of carbonyl (C=O) groups is 4. The Labute approximate surface area is 203 Å². The van der Waals surface area contributed by atoms with Crippen molar-refractivity contribution in [3.8, 4) is 11.1 Å². The van der Waals surface area contributed by atoms with Crippen molar-refractivity contribution in [2.24, 2.45) is 5.92 Å². The van der Waals surface area contributed by atoms with Crippen LogP contribution < -0.4 is 10.6 Å². The Morgan fingerprint density at radius 3 is 2.37 bits per heavy atom. The van der Waals surface area contributed by atoms with Crippen LogP contribution in [0, 0.1) is 5.92 Å². The number of ether oxygens (including phenoxy) is 1. The van der Waals surface area contributed by atoms with Crippen LogP contribution in [0.3, 0.4) is 0 Å². The normalized spacial score (nSPS) is 17.7. The Morgan fingerprint density at radius 2 is 1.74 bits per heavy atom. The van der Waals surface area contributed by atoms with E-state index in [-0.39, 0.29) is 50.4 Å². The van der Waals surface area contributed by atoms with Gasteiger partial charge in [0.15, 0.2) is 0 Å². The number of piperazine rings is 1. The highest BCUT2D eigenvalue weighted by Crippen LogP contribution is 2.44. The maximum atomic E-state index is 12.7. The van der Waals surface area contributed by atoms with Gasteiger partial charge >= 0.3 is 12.1 Å². The van der Waals surface area contributed by atoms with E-state index in [4.69, 9.17) is 9.84 Å². The van der Waals surface area contributed by atoms with E-state index in [1.807, 2.05) is 36.4 Å². The molecule has 1 aliphatic carbocycles. The zero-order valence-electron chi connectivity index (χ0n) is 19.5. The summed E-state index contributed by atoms with van der Waals surface area (Å²) in [6.07, 6.45) is -0.927. The molecule has 3 N–H and O–H groups in total. The average molecular weight is 480 g/mol. The van der Waals surface area contributed by atoms with Gasteiger partial charge in [0.25, 0.3) is 0 Å². The number of benzene rings is 2. The topological polar surface area (TPSA) is 125 Å². The molecule has 2 unspecified atom stereocenters. The van der Waals surface area contributed by atoms with Crippen molar-refractivity contribution in [3.63, 3.8) is 0 Å². The lowest BCUT2D eigenvalue weighted by Crippen LogP contribution is -2.58. The largest absolute Gasteiger partial charge is 0.481 e. The van der Waals surface area contributed by atoms with E-state index in [1.54, 1.807) is 6.92 Å². The second-order valence-electron chi connectivity index (χ2n) is 9.01. The number of nitrogens with zero attached hydrogens (tertiary/aromatic N) is 1. The van der Waals surface area contributed by atoms with Crippen molar-refractivity contribution in [1.29, 1.82) is 0 Å². The molecular formula is C26H29N3O6. The van der Waals surface area contributed by atoms with Gasteiger partial charge in [-0.2, -0.15) is 0 Å². The third-order valence-electron chi connectivity index (χ3n) is 6.48. The molecular weight excluding hydrogens is 450 g/mol. The predicted molar refractivity (Wildman–Crippen MR) is 128 cm³/mol. The Bertz CT molecular complexity index is 1090. The van der Waals surface area contributed by atoms with Crippen molar-refractivity contribution >= 4 is 23.9 Å². The van der Waals surface area contributed by atoms with Gasteiger partial charge < -0.3 is 25.4 Å². The maximum Gasteiger partial charge on any atom is 0.407 e. The van der Waals surface area contributed by atoms with Gasteiger partial charge in [-0.15, -0.1) is 0 Å².